The summed E-state index contributed by atoms with van der Waals surface area (Å²) in [5, 5.41) is 0. The van der Waals surface area contributed by atoms with Crippen LogP contribution in [0.25, 0.3) is 16.9 Å². The molecule has 5 heteroatoms. The van der Waals surface area contributed by atoms with Gasteiger partial charge in [-0.05, 0) is 36.4 Å². The lowest BCUT2D eigenvalue weighted by molar-refractivity contribution is -0.117. The molecule has 0 atom stereocenters. The molecule has 5 nitrogen and oxygen atoms in total. The molecule has 0 radical (unpaired) electrons. The van der Waals surface area contributed by atoms with Crippen LogP contribution in [0.15, 0.2) is 48.7 Å². The molecule has 3 aromatic rings. The van der Waals surface area contributed by atoms with Crippen molar-refractivity contribution in [2.24, 2.45) is 5.73 Å². The predicted molar refractivity (Wildman–Crippen MR) is 80.1 cm³/mol. The molecule has 0 bridgehead atoms. The number of benzene rings is 1. The van der Waals surface area contributed by atoms with Crippen LogP contribution in [0.4, 0.5) is 0 Å². The van der Waals surface area contributed by atoms with Crippen molar-refractivity contribution in [3.63, 3.8) is 0 Å². The number of rotatable bonds is 4. The Morgan fingerprint density at radius 3 is 2.67 bits per heavy atom. The molecule has 21 heavy (non-hydrogen) atoms. The lowest BCUT2D eigenvalue weighted by Crippen LogP contribution is -2.15. The van der Waals surface area contributed by atoms with Gasteiger partial charge in [-0.3, -0.25) is 4.79 Å². The second kappa shape index (κ2) is 5.28. The van der Waals surface area contributed by atoms with Gasteiger partial charge in [-0.1, -0.05) is 6.07 Å². The minimum absolute atomic E-state index is 0.145. The molecule has 0 aliphatic rings. The smallest absolute Gasteiger partial charge is 0.223 e. The number of fused-ring (bicyclic) bond motifs is 1. The number of methoxy groups -OCH3 is 1. The van der Waals surface area contributed by atoms with Gasteiger partial charge >= 0.3 is 0 Å². The summed E-state index contributed by atoms with van der Waals surface area (Å²) in [5.74, 6) is 0.398. The Labute approximate surface area is 122 Å². The number of nitrogens with zero attached hydrogens (tertiary/aromatic N) is 2. The van der Waals surface area contributed by atoms with Crippen molar-refractivity contribution in [2.75, 3.05) is 7.11 Å². The first-order valence-corrected chi connectivity index (χ1v) is 6.57. The highest BCUT2D eigenvalue weighted by atomic mass is 16.5. The number of aromatic nitrogens is 2. The third-order valence-electron chi connectivity index (χ3n) is 3.33. The quantitative estimate of drug-likeness (QED) is 0.795. The molecule has 0 saturated carbocycles. The third kappa shape index (κ3) is 2.45. The second-order valence-electron chi connectivity index (χ2n) is 4.71. The molecule has 0 fully saturated rings. The van der Waals surface area contributed by atoms with Crippen molar-refractivity contribution in [1.29, 1.82) is 0 Å². The van der Waals surface area contributed by atoms with Gasteiger partial charge in [0, 0.05) is 11.8 Å². The van der Waals surface area contributed by atoms with Crippen molar-refractivity contribution in [3.05, 3.63) is 54.4 Å². The predicted octanol–water partition coefficient (Wildman–Crippen LogP) is 2.04. The van der Waals surface area contributed by atoms with Crippen molar-refractivity contribution >= 4 is 11.6 Å². The Hall–Kier alpha value is -2.82. The molecule has 0 aliphatic carbocycles. The van der Waals surface area contributed by atoms with E-state index in [1.165, 1.54) is 0 Å². The molecule has 1 aromatic carbocycles. The van der Waals surface area contributed by atoms with Crippen LogP contribution in [-0.2, 0) is 11.2 Å². The van der Waals surface area contributed by atoms with E-state index in [4.69, 9.17) is 10.5 Å². The number of carbonyl (C=O) groups excluding carboxylic acids is 1. The van der Waals surface area contributed by atoms with Gasteiger partial charge in [0.15, 0.2) is 0 Å². The second-order valence-corrected chi connectivity index (χ2v) is 4.71. The van der Waals surface area contributed by atoms with E-state index in [0.29, 0.717) is 0 Å². The molecule has 1 amide bonds. The number of amides is 1. The van der Waals surface area contributed by atoms with Crippen LogP contribution >= 0.6 is 0 Å². The van der Waals surface area contributed by atoms with Crippen LogP contribution in [0.2, 0.25) is 0 Å². The van der Waals surface area contributed by atoms with Crippen molar-refractivity contribution in [2.45, 2.75) is 6.42 Å². The number of ether oxygens (including phenoxy) is 1. The number of primary amides is 1. The first-order chi connectivity index (χ1) is 10.2. The van der Waals surface area contributed by atoms with Gasteiger partial charge < -0.3 is 14.9 Å². The van der Waals surface area contributed by atoms with Gasteiger partial charge in [0.25, 0.3) is 0 Å². The summed E-state index contributed by atoms with van der Waals surface area (Å²) in [6.45, 7) is 0. The summed E-state index contributed by atoms with van der Waals surface area (Å²) in [7, 11) is 1.62. The maximum absolute atomic E-state index is 11.4. The Bertz CT molecular complexity index is 791. The molecule has 0 unspecified atom stereocenters. The van der Waals surface area contributed by atoms with E-state index in [9.17, 15) is 4.79 Å². The molecule has 0 saturated heterocycles. The van der Waals surface area contributed by atoms with Crippen LogP contribution in [0, 0.1) is 0 Å². The Kier molecular flexibility index (Phi) is 3.31. The summed E-state index contributed by atoms with van der Waals surface area (Å²) in [6, 6.07) is 13.3. The molecule has 0 spiro atoms. The minimum Gasteiger partial charge on any atom is -0.497 e. The molecular formula is C16H15N3O2. The summed E-state index contributed by atoms with van der Waals surface area (Å²) < 4.78 is 7.05. The fraction of sp³-hybridized carbons (Fsp3) is 0.125. The fourth-order valence-corrected chi connectivity index (χ4v) is 2.36. The van der Waals surface area contributed by atoms with Gasteiger partial charge in [-0.2, -0.15) is 0 Å². The van der Waals surface area contributed by atoms with Gasteiger partial charge in [0.1, 0.15) is 11.4 Å². The van der Waals surface area contributed by atoms with E-state index in [1.807, 2.05) is 53.1 Å². The topological polar surface area (TPSA) is 69.6 Å². The summed E-state index contributed by atoms with van der Waals surface area (Å²) in [5.41, 5.74) is 8.65. The van der Waals surface area contributed by atoms with Crippen LogP contribution in [0.1, 0.15) is 5.69 Å². The van der Waals surface area contributed by atoms with Gasteiger partial charge in [-0.25, -0.2) is 4.98 Å². The molecular weight excluding hydrogens is 266 g/mol. The first-order valence-electron chi connectivity index (χ1n) is 6.57. The normalized spacial score (nSPS) is 10.7. The van der Waals surface area contributed by atoms with Crippen LogP contribution in [0.5, 0.6) is 5.75 Å². The molecule has 106 valence electrons. The largest absolute Gasteiger partial charge is 0.497 e. The standard InChI is InChI=1S/C16H15N3O2/c1-21-12-7-5-11(6-8-12)16-13(10-14(17)20)19-9-3-2-4-15(19)18-16/h2-9H,10H2,1H3,(H2,17,20). The van der Waals surface area contributed by atoms with E-state index in [-0.39, 0.29) is 12.3 Å². The lowest BCUT2D eigenvalue weighted by Gasteiger charge is -2.04. The highest BCUT2D eigenvalue weighted by Crippen LogP contribution is 2.26. The zero-order valence-corrected chi connectivity index (χ0v) is 11.6. The zero-order chi connectivity index (χ0) is 14.8. The van der Waals surface area contributed by atoms with E-state index >= 15 is 0 Å². The maximum atomic E-state index is 11.4. The van der Waals surface area contributed by atoms with E-state index in [1.54, 1.807) is 7.11 Å². The number of nitrogens with two attached hydrogens (primary N) is 1. The number of hydrogen-bond acceptors (Lipinski definition) is 3. The summed E-state index contributed by atoms with van der Waals surface area (Å²) in [4.78, 5) is 16.0. The van der Waals surface area contributed by atoms with E-state index < -0.39 is 0 Å². The monoisotopic (exact) mass is 281 g/mol. The summed E-state index contributed by atoms with van der Waals surface area (Å²) >= 11 is 0. The third-order valence-corrected chi connectivity index (χ3v) is 3.33. The Morgan fingerprint density at radius 2 is 2.00 bits per heavy atom. The van der Waals surface area contributed by atoms with E-state index in [0.717, 1.165) is 28.3 Å². The molecule has 2 heterocycles. The maximum Gasteiger partial charge on any atom is 0.223 e. The number of imidazole rings is 1. The molecule has 0 aliphatic heterocycles. The number of carbonyl (C=O) groups is 1. The number of hydrogen-bond donors (Lipinski definition) is 1. The van der Waals surface area contributed by atoms with Gasteiger partial charge in [-0.15, -0.1) is 0 Å². The van der Waals surface area contributed by atoms with E-state index in [2.05, 4.69) is 4.98 Å². The van der Waals surface area contributed by atoms with Crippen molar-refractivity contribution < 1.29 is 9.53 Å². The highest BCUT2D eigenvalue weighted by Gasteiger charge is 2.15. The van der Waals surface area contributed by atoms with Gasteiger partial charge in [0.2, 0.25) is 5.91 Å². The van der Waals surface area contributed by atoms with Crippen LogP contribution in [-0.4, -0.2) is 22.4 Å². The van der Waals surface area contributed by atoms with Gasteiger partial charge in [0.05, 0.1) is 24.9 Å². The lowest BCUT2D eigenvalue weighted by atomic mass is 10.1. The molecule has 3 rings (SSSR count). The highest BCUT2D eigenvalue weighted by molar-refractivity contribution is 5.80. The average molecular weight is 281 g/mol. The van der Waals surface area contributed by atoms with Crippen LogP contribution < -0.4 is 10.5 Å². The average Bonchev–Trinajstić information content (AvgIpc) is 2.86. The molecule has 2 aromatic heterocycles. The molecule has 2 N–H and O–H groups in total. The zero-order valence-electron chi connectivity index (χ0n) is 11.6. The Morgan fingerprint density at radius 1 is 1.24 bits per heavy atom. The number of pyridine rings is 1. The fourth-order valence-electron chi connectivity index (χ4n) is 2.36. The SMILES string of the molecule is COc1ccc(-c2nc3ccccn3c2CC(N)=O)cc1. The van der Waals surface area contributed by atoms with Crippen LogP contribution in [0.3, 0.4) is 0 Å². The van der Waals surface area contributed by atoms with Crippen molar-refractivity contribution in [3.8, 4) is 17.0 Å². The minimum atomic E-state index is -0.379. The van der Waals surface area contributed by atoms with Crippen molar-refractivity contribution in [1.82, 2.24) is 9.38 Å². The first kappa shape index (κ1) is 13.2. The Balaban J connectivity index is 2.17. The summed E-state index contributed by atoms with van der Waals surface area (Å²) in [6.07, 6.45) is 2.03.